The first kappa shape index (κ1) is 34.2. The molecule has 1 saturated heterocycles. The van der Waals surface area contributed by atoms with Crippen molar-refractivity contribution in [1.29, 1.82) is 0 Å². The van der Waals surface area contributed by atoms with Gasteiger partial charge < -0.3 is 33.7 Å². The van der Waals surface area contributed by atoms with Gasteiger partial charge in [0.05, 0.1) is 26.4 Å². The highest BCUT2D eigenvalue weighted by Crippen LogP contribution is 2.33. The second-order valence-corrected chi connectivity index (χ2v) is 11.0. The van der Waals surface area contributed by atoms with Crippen molar-refractivity contribution in [2.24, 2.45) is 0 Å². The standard InChI is InChI=1S/C37H39F2NO7/c1-3-43-36(41)31(40-28-19-20-29(38)30(39)21-28)32-33(44-22-25-13-7-4-8-14-25)34(45-23-26-15-9-5-10-16-26)35(37(42-2)47-32)46-24-27-17-11-6-12-18-27/h4-21,31-35,37,40H,3,22-24H2,1-2H3/t31?,32-,33-,34+,35-,37+/m1/s1. The number of methoxy groups -OCH3 is 1. The van der Waals surface area contributed by atoms with Crippen molar-refractivity contribution in [1.82, 2.24) is 0 Å². The molecule has 0 amide bonds. The molecule has 4 aromatic carbocycles. The van der Waals surface area contributed by atoms with E-state index in [0.29, 0.717) is 0 Å². The Bertz CT molecular complexity index is 1530. The molecule has 0 spiro atoms. The van der Waals surface area contributed by atoms with E-state index in [1.807, 2.05) is 91.0 Å². The molecular formula is C37H39F2NO7. The number of hydrogen-bond donors (Lipinski definition) is 1. The van der Waals surface area contributed by atoms with Crippen LogP contribution in [-0.2, 0) is 53.0 Å². The van der Waals surface area contributed by atoms with E-state index in [4.69, 9.17) is 28.4 Å². The van der Waals surface area contributed by atoms with Gasteiger partial charge in [-0.1, -0.05) is 91.0 Å². The van der Waals surface area contributed by atoms with E-state index < -0.39 is 54.4 Å². The second-order valence-electron chi connectivity index (χ2n) is 11.0. The van der Waals surface area contributed by atoms with Crippen molar-refractivity contribution in [2.45, 2.75) is 63.5 Å². The number of anilines is 1. The number of ether oxygens (including phenoxy) is 6. The Morgan fingerprint density at radius 3 is 1.72 bits per heavy atom. The number of rotatable bonds is 15. The number of halogens is 2. The van der Waals surface area contributed by atoms with Gasteiger partial charge in [-0.25, -0.2) is 13.6 Å². The Labute approximate surface area is 273 Å². The molecule has 10 heteroatoms. The summed E-state index contributed by atoms with van der Waals surface area (Å²) in [6.45, 7) is 2.33. The van der Waals surface area contributed by atoms with E-state index in [2.05, 4.69) is 5.32 Å². The van der Waals surface area contributed by atoms with Crippen LogP contribution in [0.1, 0.15) is 23.6 Å². The quantitative estimate of drug-likeness (QED) is 0.148. The van der Waals surface area contributed by atoms with Crippen molar-refractivity contribution in [3.05, 3.63) is 138 Å². The summed E-state index contributed by atoms with van der Waals surface area (Å²) in [5.74, 6) is -2.78. The van der Waals surface area contributed by atoms with E-state index in [1.165, 1.54) is 13.2 Å². The summed E-state index contributed by atoms with van der Waals surface area (Å²) in [4.78, 5) is 13.6. The van der Waals surface area contributed by atoms with Crippen molar-refractivity contribution in [3.63, 3.8) is 0 Å². The van der Waals surface area contributed by atoms with Crippen molar-refractivity contribution in [2.75, 3.05) is 19.0 Å². The number of benzene rings is 4. The predicted molar refractivity (Wildman–Crippen MR) is 171 cm³/mol. The number of nitrogens with one attached hydrogen (secondary N) is 1. The van der Waals surface area contributed by atoms with Gasteiger partial charge in [0.2, 0.25) is 0 Å². The average molecular weight is 648 g/mol. The lowest BCUT2D eigenvalue weighted by molar-refractivity contribution is -0.319. The van der Waals surface area contributed by atoms with Gasteiger partial charge in [-0.3, -0.25) is 0 Å². The third-order valence-electron chi connectivity index (χ3n) is 7.73. The molecule has 4 aromatic rings. The van der Waals surface area contributed by atoms with Crippen LogP contribution in [0.15, 0.2) is 109 Å². The van der Waals surface area contributed by atoms with Crippen LogP contribution >= 0.6 is 0 Å². The van der Waals surface area contributed by atoms with Crippen molar-refractivity contribution < 1.29 is 42.0 Å². The first-order valence-electron chi connectivity index (χ1n) is 15.5. The van der Waals surface area contributed by atoms with Crippen LogP contribution in [0.4, 0.5) is 14.5 Å². The Kier molecular flexibility index (Phi) is 12.4. The van der Waals surface area contributed by atoms with Gasteiger partial charge in [0.1, 0.15) is 24.4 Å². The van der Waals surface area contributed by atoms with Crippen LogP contribution in [0.5, 0.6) is 0 Å². The van der Waals surface area contributed by atoms with Crippen LogP contribution < -0.4 is 5.32 Å². The van der Waals surface area contributed by atoms with Crippen molar-refractivity contribution >= 4 is 11.7 Å². The molecule has 248 valence electrons. The minimum absolute atomic E-state index is 0.0709. The van der Waals surface area contributed by atoms with Gasteiger partial charge >= 0.3 is 5.97 Å². The molecule has 1 aliphatic heterocycles. The Balaban J connectivity index is 1.54. The molecule has 0 saturated carbocycles. The molecule has 1 heterocycles. The Morgan fingerprint density at radius 2 is 1.23 bits per heavy atom. The lowest BCUT2D eigenvalue weighted by atomic mass is 9.92. The average Bonchev–Trinajstić information content (AvgIpc) is 3.10. The Morgan fingerprint density at radius 1 is 0.723 bits per heavy atom. The topological polar surface area (TPSA) is 84.5 Å². The normalized spacial score (nSPS) is 21.6. The van der Waals surface area contributed by atoms with Gasteiger partial charge in [-0.05, 0) is 35.7 Å². The third kappa shape index (κ3) is 9.21. The van der Waals surface area contributed by atoms with Crippen LogP contribution in [0.2, 0.25) is 0 Å². The van der Waals surface area contributed by atoms with E-state index in [9.17, 15) is 13.6 Å². The molecule has 0 bridgehead atoms. The number of carbonyl (C=O) groups is 1. The van der Waals surface area contributed by atoms with Crippen LogP contribution in [0.25, 0.3) is 0 Å². The van der Waals surface area contributed by atoms with Gasteiger partial charge in [0.15, 0.2) is 24.0 Å². The highest BCUT2D eigenvalue weighted by molar-refractivity contribution is 5.80. The molecule has 6 atom stereocenters. The van der Waals surface area contributed by atoms with E-state index in [1.54, 1.807) is 6.92 Å². The maximum absolute atomic E-state index is 14.3. The molecule has 1 unspecified atom stereocenters. The first-order chi connectivity index (χ1) is 23.0. The molecule has 1 fully saturated rings. The fourth-order valence-electron chi connectivity index (χ4n) is 5.42. The van der Waals surface area contributed by atoms with E-state index in [-0.39, 0.29) is 32.1 Å². The monoisotopic (exact) mass is 647 g/mol. The minimum Gasteiger partial charge on any atom is -0.464 e. The van der Waals surface area contributed by atoms with E-state index in [0.717, 1.165) is 28.8 Å². The Hall–Kier alpha value is -4.19. The number of carbonyl (C=O) groups excluding carboxylic acids is 1. The molecule has 5 rings (SSSR count). The second kappa shape index (κ2) is 17.1. The van der Waals surface area contributed by atoms with E-state index >= 15 is 0 Å². The summed E-state index contributed by atoms with van der Waals surface area (Å²) in [6.07, 6.45) is -4.65. The van der Waals surface area contributed by atoms with Gasteiger partial charge in [-0.2, -0.15) is 0 Å². The van der Waals surface area contributed by atoms with Crippen LogP contribution in [0.3, 0.4) is 0 Å². The van der Waals surface area contributed by atoms with Crippen LogP contribution in [-0.4, -0.2) is 56.4 Å². The number of hydrogen-bond acceptors (Lipinski definition) is 8. The molecule has 0 radical (unpaired) electrons. The molecule has 0 aromatic heterocycles. The zero-order chi connectivity index (χ0) is 33.0. The summed E-state index contributed by atoms with van der Waals surface area (Å²) in [7, 11) is 1.47. The minimum atomic E-state index is -1.24. The van der Waals surface area contributed by atoms with Gasteiger partial charge in [-0.15, -0.1) is 0 Å². The molecule has 1 N–H and O–H groups in total. The zero-order valence-corrected chi connectivity index (χ0v) is 26.3. The van der Waals surface area contributed by atoms with Gasteiger partial charge in [0, 0.05) is 18.9 Å². The third-order valence-corrected chi connectivity index (χ3v) is 7.73. The summed E-state index contributed by atoms with van der Waals surface area (Å²) >= 11 is 0. The van der Waals surface area contributed by atoms with Crippen LogP contribution in [0, 0.1) is 11.6 Å². The zero-order valence-electron chi connectivity index (χ0n) is 26.3. The maximum Gasteiger partial charge on any atom is 0.331 e. The fraction of sp³-hybridized carbons (Fsp3) is 0.324. The maximum atomic E-state index is 14.3. The van der Waals surface area contributed by atoms with Crippen molar-refractivity contribution in [3.8, 4) is 0 Å². The molecule has 47 heavy (non-hydrogen) atoms. The predicted octanol–water partition coefficient (Wildman–Crippen LogP) is 6.44. The number of esters is 1. The SMILES string of the molecule is CCOC(=O)C(Nc1ccc(F)c(F)c1)[C@H]1O[C@H](OC)[C@H](OCc2ccccc2)[C@@H](OCc2ccccc2)[C@@H]1OCc1ccccc1. The highest BCUT2D eigenvalue weighted by atomic mass is 19.2. The largest absolute Gasteiger partial charge is 0.464 e. The lowest BCUT2D eigenvalue weighted by Crippen LogP contribution is -2.65. The highest BCUT2D eigenvalue weighted by Gasteiger charge is 2.53. The summed E-state index contributed by atoms with van der Waals surface area (Å²) in [5.41, 5.74) is 2.86. The molecule has 1 aliphatic rings. The molecular weight excluding hydrogens is 608 g/mol. The fourth-order valence-corrected chi connectivity index (χ4v) is 5.42. The summed E-state index contributed by atoms with van der Waals surface area (Å²) in [5, 5.41) is 3.00. The van der Waals surface area contributed by atoms with Gasteiger partial charge in [0.25, 0.3) is 0 Å². The smallest absolute Gasteiger partial charge is 0.331 e. The molecule has 0 aliphatic carbocycles. The lowest BCUT2D eigenvalue weighted by Gasteiger charge is -2.47. The molecule has 8 nitrogen and oxygen atoms in total. The first-order valence-corrected chi connectivity index (χ1v) is 15.5. The summed E-state index contributed by atoms with van der Waals surface area (Å²) in [6, 6.07) is 30.8. The summed E-state index contributed by atoms with van der Waals surface area (Å²) < 4.78 is 65.5.